The highest BCUT2D eigenvalue weighted by Crippen LogP contribution is 2.32. The molecule has 1 aliphatic rings. The van der Waals surface area contributed by atoms with Gasteiger partial charge in [0.15, 0.2) is 11.5 Å². The Kier molecular flexibility index (Phi) is 4.85. The van der Waals surface area contributed by atoms with E-state index in [2.05, 4.69) is 15.6 Å². The van der Waals surface area contributed by atoms with Crippen LogP contribution in [0.25, 0.3) is 0 Å². The highest BCUT2D eigenvalue weighted by Gasteiger charge is 2.13. The number of nitrogens with one attached hydrogen (secondary N) is 2. The van der Waals surface area contributed by atoms with E-state index in [-0.39, 0.29) is 12.7 Å². The predicted octanol–water partition coefficient (Wildman–Crippen LogP) is 4.29. The van der Waals surface area contributed by atoms with Gasteiger partial charge in [-0.25, -0.2) is 4.98 Å². The number of benzene rings is 2. The highest BCUT2D eigenvalue weighted by molar-refractivity contribution is 6.04. The van der Waals surface area contributed by atoms with Crippen LogP contribution in [-0.4, -0.2) is 17.7 Å². The van der Waals surface area contributed by atoms with Gasteiger partial charge in [0, 0.05) is 18.4 Å². The van der Waals surface area contributed by atoms with E-state index in [1.54, 1.807) is 18.3 Å². The summed E-state index contributed by atoms with van der Waals surface area (Å²) in [5, 5.41) is 6.14. The van der Waals surface area contributed by atoms with Crippen molar-refractivity contribution in [3.63, 3.8) is 0 Å². The van der Waals surface area contributed by atoms with Crippen LogP contribution in [-0.2, 0) is 6.54 Å². The number of hydrogen-bond donors (Lipinski definition) is 2. The molecule has 0 radical (unpaired) electrons. The van der Waals surface area contributed by atoms with Gasteiger partial charge < -0.3 is 20.1 Å². The van der Waals surface area contributed by atoms with Crippen LogP contribution in [0.15, 0.2) is 54.7 Å². The Morgan fingerprint density at radius 2 is 1.86 bits per heavy atom. The molecule has 0 saturated heterocycles. The SMILES string of the molecule is Cc1ccc(NC(=O)c2ccc(NCc3ccc4c(c3)OCO4)nc2)cc1C. The molecule has 0 unspecified atom stereocenters. The van der Waals surface area contributed by atoms with Gasteiger partial charge in [-0.1, -0.05) is 12.1 Å². The maximum atomic E-state index is 12.4. The molecule has 0 spiro atoms. The van der Waals surface area contributed by atoms with Gasteiger partial charge in [0.2, 0.25) is 6.79 Å². The summed E-state index contributed by atoms with van der Waals surface area (Å²) in [6.45, 7) is 4.92. The van der Waals surface area contributed by atoms with E-state index in [0.717, 1.165) is 28.3 Å². The number of aryl methyl sites for hydroxylation is 2. The Hall–Kier alpha value is -3.54. The summed E-state index contributed by atoms with van der Waals surface area (Å²) in [4.78, 5) is 16.7. The molecule has 0 atom stereocenters. The second-order valence-corrected chi connectivity index (χ2v) is 6.73. The van der Waals surface area contributed by atoms with E-state index < -0.39 is 0 Å². The summed E-state index contributed by atoms with van der Waals surface area (Å²) in [6.07, 6.45) is 1.57. The number of amides is 1. The van der Waals surface area contributed by atoms with Crippen LogP contribution in [0.3, 0.4) is 0 Å². The lowest BCUT2D eigenvalue weighted by Crippen LogP contribution is -2.12. The molecule has 0 bridgehead atoms. The lowest BCUT2D eigenvalue weighted by Gasteiger charge is -2.09. The molecule has 2 aromatic carbocycles. The zero-order valence-corrected chi connectivity index (χ0v) is 15.8. The number of carbonyl (C=O) groups is 1. The number of ether oxygens (including phenoxy) is 2. The normalized spacial score (nSPS) is 11.9. The van der Waals surface area contributed by atoms with Crippen LogP contribution < -0.4 is 20.1 Å². The van der Waals surface area contributed by atoms with Crippen molar-refractivity contribution < 1.29 is 14.3 Å². The first kappa shape index (κ1) is 17.9. The van der Waals surface area contributed by atoms with Crippen LogP contribution in [0.4, 0.5) is 11.5 Å². The number of carbonyl (C=O) groups excluding carboxylic acids is 1. The van der Waals surface area contributed by atoms with Crippen molar-refractivity contribution in [1.29, 1.82) is 0 Å². The van der Waals surface area contributed by atoms with E-state index in [0.29, 0.717) is 17.9 Å². The monoisotopic (exact) mass is 375 g/mol. The van der Waals surface area contributed by atoms with Crippen molar-refractivity contribution in [2.24, 2.45) is 0 Å². The summed E-state index contributed by atoms with van der Waals surface area (Å²) in [7, 11) is 0. The number of fused-ring (bicyclic) bond motifs is 1. The molecule has 4 rings (SSSR count). The van der Waals surface area contributed by atoms with Gasteiger partial charge in [-0.15, -0.1) is 0 Å². The Bertz CT molecular complexity index is 1020. The zero-order chi connectivity index (χ0) is 19.5. The molecule has 28 heavy (non-hydrogen) atoms. The van der Waals surface area contributed by atoms with Crippen molar-refractivity contribution >= 4 is 17.4 Å². The predicted molar refractivity (Wildman–Crippen MR) is 108 cm³/mol. The zero-order valence-electron chi connectivity index (χ0n) is 15.8. The van der Waals surface area contributed by atoms with Crippen molar-refractivity contribution in [1.82, 2.24) is 4.98 Å². The second-order valence-electron chi connectivity index (χ2n) is 6.73. The number of hydrogen-bond acceptors (Lipinski definition) is 5. The molecule has 2 heterocycles. The molecule has 0 fully saturated rings. The van der Waals surface area contributed by atoms with E-state index in [9.17, 15) is 4.79 Å². The van der Waals surface area contributed by atoms with Crippen LogP contribution in [0.2, 0.25) is 0 Å². The third-order valence-electron chi connectivity index (χ3n) is 4.70. The molecule has 142 valence electrons. The van der Waals surface area contributed by atoms with Gasteiger partial charge in [-0.2, -0.15) is 0 Å². The maximum Gasteiger partial charge on any atom is 0.257 e. The quantitative estimate of drug-likeness (QED) is 0.696. The fraction of sp³-hybridized carbons (Fsp3) is 0.182. The Labute approximate surface area is 163 Å². The van der Waals surface area contributed by atoms with Gasteiger partial charge in [-0.3, -0.25) is 4.79 Å². The first-order valence-electron chi connectivity index (χ1n) is 9.05. The van der Waals surface area contributed by atoms with Crippen LogP contribution in [0.5, 0.6) is 11.5 Å². The summed E-state index contributed by atoms with van der Waals surface area (Å²) in [6, 6.07) is 15.2. The van der Waals surface area contributed by atoms with Gasteiger partial charge in [-0.05, 0) is 66.9 Å². The molecule has 0 aliphatic carbocycles. The molecule has 3 aromatic rings. The first-order chi connectivity index (χ1) is 13.6. The highest BCUT2D eigenvalue weighted by atomic mass is 16.7. The topological polar surface area (TPSA) is 72.5 Å². The van der Waals surface area contributed by atoms with E-state index >= 15 is 0 Å². The third kappa shape index (κ3) is 3.91. The van der Waals surface area contributed by atoms with Crippen LogP contribution >= 0.6 is 0 Å². The minimum Gasteiger partial charge on any atom is -0.454 e. The van der Waals surface area contributed by atoms with Gasteiger partial charge in [0.25, 0.3) is 5.91 Å². The van der Waals surface area contributed by atoms with Crippen molar-refractivity contribution in [3.05, 3.63) is 77.0 Å². The van der Waals surface area contributed by atoms with Gasteiger partial charge >= 0.3 is 0 Å². The summed E-state index contributed by atoms with van der Waals surface area (Å²) >= 11 is 0. The molecule has 1 aliphatic heterocycles. The molecule has 6 heteroatoms. The van der Waals surface area contributed by atoms with Gasteiger partial charge in [0.1, 0.15) is 5.82 Å². The maximum absolute atomic E-state index is 12.4. The summed E-state index contributed by atoms with van der Waals surface area (Å²) < 4.78 is 10.7. The Balaban J connectivity index is 1.36. The molecule has 6 nitrogen and oxygen atoms in total. The Morgan fingerprint density at radius 1 is 1.00 bits per heavy atom. The molecular weight excluding hydrogens is 354 g/mol. The fourth-order valence-electron chi connectivity index (χ4n) is 2.90. The number of pyridine rings is 1. The minimum absolute atomic E-state index is 0.182. The molecular formula is C22H21N3O3. The van der Waals surface area contributed by atoms with E-state index in [1.807, 2.05) is 50.2 Å². The number of aromatic nitrogens is 1. The molecule has 1 aromatic heterocycles. The van der Waals surface area contributed by atoms with Crippen LogP contribution in [0.1, 0.15) is 27.0 Å². The lowest BCUT2D eigenvalue weighted by molar-refractivity contribution is 0.102. The number of rotatable bonds is 5. The summed E-state index contributed by atoms with van der Waals surface area (Å²) in [5.41, 5.74) is 4.67. The standard InChI is InChI=1S/C22H21N3O3/c1-14-3-6-18(9-15(14)2)25-22(26)17-5-8-21(24-12-17)23-11-16-4-7-19-20(10-16)28-13-27-19/h3-10,12H,11,13H2,1-2H3,(H,23,24)(H,25,26). The molecule has 0 saturated carbocycles. The lowest BCUT2D eigenvalue weighted by atomic mass is 10.1. The fourth-order valence-corrected chi connectivity index (χ4v) is 2.90. The second kappa shape index (κ2) is 7.60. The molecule has 1 amide bonds. The summed E-state index contributed by atoms with van der Waals surface area (Å²) in [5.74, 6) is 2.03. The average molecular weight is 375 g/mol. The smallest absolute Gasteiger partial charge is 0.257 e. The van der Waals surface area contributed by atoms with Crippen LogP contribution in [0, 0.1) is 13.8 Å². The third-order valence-corrected chi connectivity index (χ3v) is 4.70. The van der Waals surface area contributed by atoms with Crippen molar-refractivity contribution in [2.75, 3.05) is 17.4 Å². The number of anilines is 2. The first-order valence-corrected chi connectivity index (χ1v) is 9.05. The largest absolute Gasteiger partial charge is 0.454 e. The van der Waals surface area contributed by atoms with E-state index in [4.69, 9.17) is 9.47 Å². The Morgan fingerprint density at radius 3 is 2.64 bits per heavy atom. The molecule has 2 N–H and O–H groups in total. The van der Waals surface area contributed by atoms with Crippen molar-refractivity contribution in [3.8, 4) is 11.5 Å². The number of nitrogens with zero attached hydrogens (tertiary/aromatic N) is 1. The minimum atomic E-state index is -0.182. The van der Waals surface area contributed by atoms with Gasteiger partial charge in [0.05, 0.1) is 5.56 Å². The average Bonchev–Trinajstić information content (AvgIpc) is 3.17. The van der Waals surface area contributed by atoms with E-state index in [1.165, 1.54) is 5.56 Å². The van der Waals surface area contributed by atoms with Crippen molar-refractivity contribution in [2.45, 2.75) is 20.4 Å².